The SMILES string of the molecule is CCc1ccc(N2C(=O)C(=O)/C(=C(\O)c3ccc(OC)cc3)C2c2ccco2)cc1. The number of nitrogens with zero attached hydrogens (tertiary/aromatic N) is 1. The Morgan fingerprint density at radius 2 is 1.77 bits per heavy atom. The number of carbonyl (C=O) groups is 2. The predicted octanol–water partition coefficient (Wildman–Crippen LogP) is 4.48. The topological polar surface area (TPSA) is 80.0 Å². The van der Waals surface area contributed by atoms with Crippen molar-refractivity contribution in [3.8, 4) is 5.75 Å². The molecule has 0 bridgehead atoms. The summed E-state index contributed by atoms with van der Waals surface area (Å²) in [6, 6.07) is 16.6. The van der Waals surface area contributed by atoms with E-state index in [0.717, 1.165) is 12.0 Å². The number of aliphatic hydroxyl groups excluding tert-OH is 1. The maximum absolute atomic E-state index is 13.0. The van der Waals surface area contributed by atoms with Crippen molar-refractivity contribution in [2.24, 2.45) is 0 Å². The maximum Gasteiger partial charge on any atom is 0.300 e. The highest BCUT2D eigenvalue weighted by atomic mass is 16.5. The molecule has 1 aromatic heterocycles. The van der Waals surface area contributed by atoms with Gasteiger partial charge in [0.05, 0.1) is 18.9 Å². The molecule has 1 aliphatic rings. The summed E-state index contributed by atoms with van der Waals surface area (Å²) in [5.41, 5.74) is 2.07. The second-order valence-corrected chi connectivity index (χ2v) is 6.93. The van der Waals surface area contributed by atoms with Crippen molar-refractivity contribution in [1.82, 2.24) is 0 Å². The molecule has 2 heterocycles. The van der Waals surface area contributed by atoms with Crippen molar-refractivity contribution in [3.05, 3.63) is 89.4 Å². The number of ketones is 1. The van der Waals surface area contributed by atoms with Gasteiger partial charge in [0.1, 0.15) is 23.3 Å². The van der Waals surface area contributed by atoms with Gasteiger partial charge in [0.15, 0.2) is 0 Å². The number of methoxy groups -OCH3 is 1. The molecule has 1 amide bonds. The van der Waals surface area contributed by atoms with Crippen molar-refractivity contribution in [2.75, 3.05) is 12.0 Å². The molecule has 0 radical (unpaired) electrons. The highest BCUT2D eigenvalue weighted by Gasteiger charge is 2.48. The van der Waals surface area contributed by atoms with E-state index in [9.17, 15) is 14.7 Å². The zero-order chi connectivity index (χ0) is 21.3. The Morgan fingerprint density at radius 1 is 1.07 bits per heavy atom. The number of hydrogen-bond acceptors (Lipinski definition) is 5. The van der Waals surface area contributed by atoms with Gasteiger partial charge in [0, 0.05) is 11.3 Å². The van der Waals surface area contributed by atoms with E-state index in [-0.39, 0.29) is 11.3 Å². The number of furan rings is 1. The molecule has 2 aromatic carbocycles. The molecule has 0 aliphatic carbocycles. The van der Waals surface area contributed by atoms with Gasteiger partial charge in [0.25, 0.3) is 11.7 Å². The van der Waals surface area contributed by atoms with Crippen LogP contribution in [0.5, 0.6) is 5.75 Å². The van der Waals surface area contributed by atoms with Crippen LogP contribution in [-0.4, -0.2) is 23.9 Å². The molecule has 1 atom stereocenters. The third kappa shape index (κ3) is 3.26. The van der Waals surface area contributed by atoms with E-state index < -0.39 is 17.7 Å². The van der Waals surface area contributed by atoms with E-state index in [0.29, 0.717) is 22.8 Å². The number of benzene rings is 2. The van der Waals surface area contributed by atoms with Crippen molar-refractivity contribution in [2.45, 2.75) is 19.4 Å². The first kappa shape index (κ1) is 19.5. The zero-order valence-corrected chi connectivity index (χ0v) is 16.7. The van der Waals surface area contributed by atoms with Gasteiger partial charge in [-0.3, -0.25) is 14.5 Å². The van der Waals surface area contributed by atoms with Crippen molar-refractivity contribution in [1.29, 1.82) is 0 Å². The van der Waals surface area contributed by atoms with Crippen molar-refractivity contribution in [3.63, 3.8) is 0 Å². The summed E-state index contributed by atoms with van der Waals surface area (Å²) in [6.45, 7) is 2.04. The van der Waals surface area contributed by atoms with E-state index in [1.807, 2.05) is 19.1 Å². The van der Waals surface area contributed by atoms with Crippen LogP contribution in [0.1, 0.15) is 29.9 Å². The molecule has 1 fully saturated rings. The minimum Gasteiger partial charge on any atom is -0.507 e. The number of aliphatic hydroxyl groups is 1. The van der Waals surface area contributed by atoms with E-state index in [1.165, 1.54) is 11.2 Å². The number of hydrogen-bond donors (Lipinski definition) is 1. The molecule has 0 saturated carbocycles. The average molecular weight is 403 g/mol. The zero-order valence-electron chi connectivity index (χ0n) is 16.7. The normalized spacial score (nSPS) is 18.1. The van der Waals surface area contributed by atoms with Crippen LogP contribution in [0.25, 0.3) is 5.76 Å². The predicted molar refractivity (Wildman–Crippen MR) is 112 cm³/mol. The molecule has 0 spiro atoms. The molecule has 6 heteroatoms. The molecular formula is C24H21NO5. The molecule has 1 unspecified atom stereocenters. The fraction of sp³-hybridized carbons (Fsp3) is 0.167. The lowest BCUT2D eigenvalue weighted by Crippen LogP contribution is -2.29. The second kappa shape index (κ2) is 7.91. The largest absolute Gasteiger partial charge is 0.507 e. The van der Waals surface area contributed by atoms with Crippen LogP contribution in [0.4, 0.5) is 5.69 Å². The first-order valence-electron chi connectivity index (χ1n) is 9.63. The monoisotopic (exact) mass is 403 g/mol. The Bertz CT molecular complexity index is 1100. The molecule has 1 N–H and O–H groups in total. The second-order valence-electron chi connectivity index (χ2n) is 6.93. The van der Waals surface area contributed by atoms with Gasteiger partial charge >= 0.3 is 0 Å². The number of ether oxygens (including phenoxy) is 1. The summed E-state index contributed by atoms with van der Waals surface area (Å²) in [4.78, 5) is 27.3. The smallest absolute Gasteiger partial charge is 0.300 e. The lowest BCUT2D eigenvalue weighted by atomic mass is 9.99. The van der Waals surface area contributed by atoms with Crippen LogP contribution in [0, 0.1) is 0 Å². The molecule has 152 valence electrons. The number of amides is 1. The average Bonchev–Trinajstić information content (AvgIpc) is 3.40. The van der Waals surface area contributed by atoms with Crippen LogP contribution < -0.4 is 9.64 Å². The summed E-state index contributed by atoms with van der Waals surface area (Å²) in [5.74, 6) is -0.723. The molecule has 6 nitrogen and oxygen atoms in total. The minimum atomic E-state index is -0.866. The summed E-state index contributed by atoms with van der Waals surface area (Å²) in [6.07, 6.45) is 2.33. The van der Waals surface area contributed by atoms with Crippen LogP contribution in [0.3, 0.4) is 0 Å². The maximum atomic E-state index is 13.0. The number of aryl methyl sites for hydroxylation is 1. The fourth-order valence-corrected chi connectivity index (χ4v) is 3.61. The Kier molecular flexibility index (Phi) is 5.14. The standard InChI is InChI=1S/C24H21NO5/c1-3-15-6-10-17(11-7-15)25-21(19-5-4-14-30-19)20(23(27)24(25)28)22(26)16-8-12-18(29-2)13-9-16/h4-14,21,26H,3H2,1-2H3/b22-20-. The third-order valence-corrected chi connectivity index (χ3v) is 5.24. The lowest BCUT2D eigenvalue weighted by molar-refractivity contribution is -0.132. The number of Topliss-reactive ketones (excluding diaryl/α,β-unsaturated/α-hetero) is 1. The van der Waals surface area contributed by atoms with Crippen LogP contribution >= 0.6 is 0 Å². The van der Waals surface area contributed by atoms with Gasteiger partial charge in [0.2, 0.25) is 0 Å². The first-order chi connectivity index (χ1) is 14.5. The third-order valence-electron chi connectivity index (χ3n) is 5.24. The highest BCUT2D eigenvalue weighted by molar-refractivity contribution is 6.51. The van der Waals surface area contributed by atoms with Gasteiger partial charge in [-0.2, -0.15) is 0 Å². The molecule has 4 rings (SSSR count). The lowest BCUT2D eigenvalue weighted by Gasteiger charge is -2.23. The number of carbonyl (C=O) groups excluding carboxylic acids is 2. The summed E-state index contributed by atoms with van der Waals surface area (Å²) in [7, 11) is 1.54. The van der Waals surface area contributed by atoms with E-state index >= 15 is 0 Å². The van der Waals surface area contributed by atoms with E-state index in [4.69, 9.17) is 9.15 Å². The molecule has 1 saturated heterocycles. The van der Waals surface area contributed by atoms with Gasteiger partial charge in [-0.1, -0.05) is 19.1 Å². The Labute approximate surface area is 174 Å². The van der Waals surface area contributed by atoms with Gasteiger partial charge in [-0.15, -0.1) is 0 Å². The molecule has 1 aliphatic heterocycles. The quantitative estimate of drug-likeness (QED) is 0.386. The van der Waals surface area contributed by atoms with Crippen LogP contribution in [-0.2, 0) is 16.0 Å². The summed E-state index contributed by atoms with van der Waals surface area (Å²) < 4.78 is 10.7. The number of anilines is 1. The summed E-state index contributed by atoms with van der Waals surface area (Å²) in [5, 5.41) is 11.0. The Morgan fingerprint density at radius 3 is 2.33 bits per heavy atom. The van der Waals surface area contributed by atoms with E-state index in [1.54, 1.807) is 55.6 Å². The van der Waals surface area contributed by atoms with Crippen LogP contribution in [0.2, 0.25) is 0 Å². The molecule has 30 heavy (non-hydrogen) atoms. The Hall–Kier alpha value is -3.80. The van der Waals surface area contributed by atoms with Crippen molar-refractivity contribution >= 4 is 23.1 Å². The van der Waals surface area contributed by atoms with Gasteiger partial charge < -0.3 is 14.3 Å². The minimum absolute atomic E-state index is 0.0142. The van der Waals surface area contributed by atoms with Gasteiger partial charge in [-0.25, -0.2) is 0 Å². The fourth-order valence-electron chi connectivity index (χ4n) is 3.61. The summed E-state index contributed by atoms with van der Waals surface area (Å²) >= 11 is 0. The van der Waals surface area contributed by atoms with Crippen LogP contribution in [0.15, 0.2) is 76.9 Å². The molecule has 3 aromatic rings. The Balaban J connectivity index is 1.86. The van der Waals surface area contributed by atoms with Crippen molar-refractivity contribution < 1.29 is 23.8 Å². The van der Waals surface area contributed by atoms with E-state index in [2.05, 4.69) is 0 Å². The first-order valence-corrected chi connectivity index (χ1v) is 9.63. The highest BCUT2D eigenvalue weighted by Crippen LogP contribution is 2.42. The van der Waals surface area contributed by atoms with Gasteiger partial charge in [-0.05, 0) is 60.5 Å². The number of rotatable bonds is 5. The molecular weight excluding hydrogens is 382 g/mol.